The van der Waals surface area contributed by atoms with E-state index in [1.165, 1.54) is 7.11 Å². The molecule has 0 bridgehead atoms. The molecule has 1 heterocycles. The van der Waals surface area contributed by atoms with Crippen molar-refractivity contribution in [3.8, 4) is 11.5 Å². The van der Waals surface area contributed by atoms with Crippen LogP contribution >= 0.6 is 0 Å². The Bertz CT molecular complexity index is 1020. The number of nitrogens with one attached hydrogen (secondary N) is 1. The van der Waals surface area contributed by atoms with Crippen LogP contribution in [0.5, 0.6) is 11.5 Å². The van der Waals surface area contributed by atoms with Gasteiger partial charge in [-0.1, -0.05) is 0 Å². The molecule has 3 N–H and O–H groups in total. The Morgan fingerprint density at radius 2 is 2.08 bits per heavy atom. The van der Waals surface area contributed by atoms with Gasteiger partial charge in [-0.25, -0.2) is 0 Å². The Balaban J connectivity index is 1.74. The van der Waals surface area contributed by atoms with Crippen molar-refractivity contribution >= 4 is 18.1 Å². The molecule has 10 heteroatoms. The summed E-state index contributed by atoms with van der Waals surface area (Å²) in [5.74, 6) is -0.577. The number of aldehydes is 1. The molecular formula is C26H34N2O8. The van der Waals surface area contributed by atoms with Crippen LogP contribution in [0, 0.1) is 5.92 Å². The van der Waals surface area contributed by atoms with Crippen molar-refractivity contribution in [1.29, 1.82) is 0 Å². The van der Waals surface area contributed by atoms with E-state index >= 15 is 0 Å². The summed E-state index contributed by atoms with van der Waals surface area (Å²) in [4.78, 5) is 39.7. The van der Waals surface area contributed by atoms with E-state index in [0.717, 1.165) is 12.8 Å². The third kappa shape index (κ3) is 5.11. The van der Waals surface area contributed by atoms with Crippen molar-refractivity contribution in [2.45, 2.75) is 50.4 Å². The maximum Gasteiger partial charge on any atom is 0.247 e. The van der Waals surface area contributed by atoms with E-state index in [9.17, 15) is 24.6 Å². The van der Waals surface area contributed by atoms with E-state index < -0.39 is 30.1 Å². The highest BCUT2D eigenvalue weighted by Crippen LogP contribution is 2.51. The molecule has 1 aromatic rings. The number of hydrogen-bond donors (Lipinski definition) is 3. The molecule has 196 valence electrons. The quantitative estimate of drug-likeness (QED) is 0.282. The number of carbonyl (C=O) groups excluding carboxylic acids is 3. The zero-order valence-corrected chi connectivity index (χ0v) is 20.6. The van der Waals surface area contributed by atoms with Crippen molar-refractivity contribution in [3.05, 3.63) is 34.9 Å². The molecule has 4 rings (SSSR count). The molecule has 0 radical (unpaired) electrons. The largest absolute Gasteiger partial charge is 0.493 e. The number of fused-ring (bicyclic) bond motifs is 3. The number of carbonyl (C=O) groups is 3. The molecule has 2 aliphatic carbocycles. The minimum absolute atomic E-state index is 0.0469. The Morgan fingerprint density at radius 1 is 1.31 bits per heavy atom. The monoisotopic (exact) mass is 502 g/mol. The first-order chi connectivity index (χ1) is 17.4. The molecule has 1 aliphatic heterocycles. The van der Waals surface area contributed by atoms with E-state index in [0.29, 0.717) is 60.7 Å². The predicted molar refractivity (Wildman–Crippen MR) is 129 cm³/mol. The first-order valence-corrected chi connectivity index (χ1v) is 12.5. The summed E-state index contributed by atoms with van der Waals surface area (Å²) in [6.07, 6.45) is 2.51. The standard InChI is InChI=1S/C26H34N2O8/c1-3-35-10-4-8-28(26(33)16-5-6-16)19-13-18(25(32)27-7-9-29)21-17-11-15(14-30)12-20(34-2)23(17)36-24(21)22(19)31/h11-14,16,19,21-22,24,29,31H,3-10H2,1-2H3,(H,27,32). The van der Waals surface area contributed by atoms with Gasteiger partial charge in [0.15, 0.2) is 11.5 Å². The Kier molecular flexibility index (Phi) is 8.28. The SMILES string of the molecule is CCOCCCN(C(=O)C1CC1)C1C=C(C(=O)NCCO)C2c3cc(C=O)cc(OC)c3OC2C1O. The fraction of sp³-hybridized carbons (Fsp3) is 0.577. The highest BCUT2D eigenvalue weighted by molar-refractivity contribution is 5.96. The lowest BCUT2D eigenvalue weighted by Gasteiger charge is -2.41. The van der Waals surface area contributed by atoms with E-state index in [4.69, 9.17) is 14.2 Å². The van der Waals surface area contributed by atoms with E-state index in [2.05, 4.69) is 5.32 Å². The molecule has 36 heavy (non-hydrogen) atoms. The molecule has 10 nitrogen and oxygen atoms in total. The van der Waals surface area contributed by atoms with E-state index in [1.54, 1.807) is 23.1 Å². The van der Waals surface area contributed by atoms with Crippen molar-refractivity contribution < 1.29 is 38.8 Å². The molecule has 4 unspecified atom stereocenters. The summed E-state index contributed by atoms with van der Waals surface area (Å²) in [6, 6.07) is 2.38. The van der Waals surface area contributed by atoms with Gasteiger partial charge in [0.05, 0.1) is 25.7 Å². The molecular weight excluding hydrogens is 468 g/mol. The highest BCUT2D eigenvalue weighted by Gasteiger charge is 2.52. The lowest BCUT2D eigenvalue weighted by molar-refractivity contribution is -0.138. The predicted octanol–water partition coefficient (Wildman–Crippen LogP) is 0.796. The first kappa shape index (κ1) is 26.1. The van der Waals surface area contributed by atoms with Crippen LogP contribution < -0.4 is 14.8 Å². The summed E-state index contributed by atoms with van der Waals surface area (Å²) in [7, 11) is 1.45. The minimum Gasteiger partial charge on any atom is -0.493 e. The number of ether oxygens (including phenoxy) is 3. The van der Waals surface area contributed by atoms with Gasteiger partial charge in [-0.05, 0) is 44.4 Å². The number of nitrogens with zero attached hydrogens (tertiary/aromatic N) is 1. The van der Waals surface area contributed by atoms with Crippen LogP contribution in [-0.2, 0) is 14.3 Å². The van der Waals surface area contributed by atoms with Crippen LogP contribution in [0.2, 0.25) is 0 Å². The molecule has 1 aromatic carbocycles. The second-order valence-corrected chi connectivity index (χ2v) is 9.26. The van der Waals surface area contributed by atoms with Crippen molar-refractivity contribution in [3.63, 3.8) is 0 Å². The van der Waals surface area contributed by atoms with Crippen molar-refractivity contribution in [2.24, 2.45) is 5.92 Å². The molecule has 0 aromatic heterocycles. The summed E-state index contributed by atoms with van der Waals surface area (Å²) < 4.78 is 17.1. The summed E-state index contributed by atoms with van der Waals surface area (Å²) in [5.41, 5.74) is 1.22. The fourth-order valence-corrected chi connectivity index (χ4v) is 5.01. The molecule has 4 atom stereocenters. The smallest absolute Gasteiger partial charge is 0.247 e. The average molecular weight is 503 g/mol. The number of benzene rings is 1. The molecule has 0 spiro atoms. The van der Waals surface area contributed by atoms with Crippen molar-refractivity contribution in [2.75, 3.05) is 40.0 Å². The summed E-state index contributed by atoms with van der Waals surface area (Å²) >= 11 is 0. The minimum atomic E-state index is -1.13. The number of aliphatic hydroxyl groups is 2. The van der Waals surface area contributed by atoms with E-state index in [1.807, 2.05) is 6.92 Å². The van der Waals surface area contributed by atoms with Crippen LogP contribution in [0.25, 0.3) is 0 Å². The molecule has 2 amide bonds. The Labute approximate surface area is 210 Å². The van der Waals surface area contributed by atoms with Gasteiger partial charge in [0.1, 0.15) is 18.5 Å². The first-order valence-electron chi connectivity index (χ1n) is 12.5. The van der Waals surface area contributed by atoms with Gasteiger partial charge in [0, 0.05) is 48.9 Å². The number of methoxy groups -OCH3 is 1. The average Bonchev–Trinajstić information content (AvgIpc) is 3.67. The van der Waals surface area contributed by atoms with Gasteiger partial charge < -0.3 is 34.6 Å². The van der Waals surface area contributed by atoms with Gasteiger partial charge in [0.25, 0.3) is 0 Å². The van der Waals surface area contributed by atoms with Gasteiger partial charge in [-0.2, -0.15) is 0 Å². The van der Waals surface area contributed by atoms with Crippen LogP contribution in [0.3, 0.4) is 0 Å². The third-order valence-electron chi connectivity index (χ3n) is 6.87. The van der Waals surface area contributed by atoms with Crippen LogP contribution in [0.4, 0.5) is 0 Å². The molecule has 1 saturated carbocycles. The maximum absolute atomic E-state index is 13.3. The summed E-state index contributed by atoms with van der Waals surface area (Å²) in [5, 5.41) is 23.4. The van der Waals surface area contributed by atoms with Gasteiger partial charge in [0.2, 0.25) is 11.8 Å². The van der Waals surface area contributed by atoms with Gasteiger partial charge in [-0.3, -0.25) is 14.4 Å². The summed E-state index contributed by atoms with van der Waals surface area (Å²) in [6.45, 7) is 3.11. The lowest BCUT2D eigenvalue weighted by atomic mass is 9.77. The van der Waals surface area contributed by atoms with Crippen molar-refractivity contribution in [1.82, 2.24) is 10.2 Å². The zero-order chi connectivity index (χ0) is 25.8. The number of hydrogen-bond acceptors (Lipinski definition) is 8. The Morgan fingerprint density at radius 3 is 2.72 bits per heavy atom. The lowest BCUT2D eigenvalue weighted by Crippen LogP contribution is -2.56. The normalized spacial score (nSPS) is 24.2. The van der Waals surface area contributed by atoms with Gasteiger partial charge >= 0.3 is 0 Å². The highest BCUT2D eigenvalue weighted by atomic mass is 16.5. The third-order valence-corrected chi connectivity index (χ3v) is 6.87. The molecule has 1 fully saturated rings. The van der Waals surface area contributed by atoms with Crippen LogP contribution in [-0.4, -0.2) is 91.5 Å². The fourth-order valence-electron chi connectivity index (χ4n) is 5.01. The van der Waals surface area contributed by atoms with Crippen LogP contribution in [0.15, 0.2) is 23.8 Å². The number of rotatable bonds is 12. The zero-order valence-electron chi connectivity index (χ0n) is 20.6. The molecule has 0 saturated heterocycles. The Hall–Kier alpha value is -2.95. The number of aliphatic hydroxyl groups excluding tert-OH is 2. The number of amides is 2. The topological polar surface area (TPSA) is 135 Å². The second-order valence-electron chi connectivity index (χ2n) is 9.26. The molecule has 3 aliphatic rings. The van der Waals surface area contributed by atoms with Crippen LogP contribution in [0.1, 0.15) is 48.0 Å². The van der Waals surface area contributed by atoms with Gasteiger partial charge in [-0.15, -0.1) is 0 Å². The maximum atomic E-state index is 13.3. The van der Waals surface area contributed by atoms with E-state index in [-0.39, 0.29) is 25.0 Å². The second kappa shape index (κ2) is 11.4.